The van der Waals surface area contributed by atoms with Crippen molar-refractivity contribution in [3.05, 3.63) is 0 Å². The van der Waals surface area contributed by atoms with Crippen LogP contribution in [0, 0.1) is 0 Å². The maximum Gasteiger partial charge on any atom is 0.159 e. The number of morpholine rings is 1. The maximum absolute atomic E-state index is 10.6. The molecule has 0 aromatic rings. The average Bonchev–Trinajstić information content (AvgIpc) is 1.90. The number of hydrogen-bond donors (Lipinski definition) is 1. The van der Waals surface area contributed by atoms with E-state index in [1.807, 2.05) is 0 Å². The summed E-state index contributed by atoms with van der Waals surface area (Å²) in [6.07, 6.45) is -0.196. The fourth-order valence-electron chi connectivity index (χ4n) is 0.827. The van der Waals surface area contributed by atoms with Crippen LogP contribution in [0.4, 0.5) is 0 Å². The smallest absolute Gasteiger partial charge is 0.159 e. The Labute approximate surface area is 73.3 Å². The molecular formula is C6H11NO2Rh. The zero-order chi connectivity index (χ0) is 6.69. The molecule has 0 aromatic carbocycles. The van der Waals surface area contributed by atoms with Gasteiger partial charge < -0.3 is 10.1 Å². The topological polar surface area (TPSA) is 38.3 Å². The first-order valence-electron chi connectivity index (χ1n) is 3.13. The summed E-state index contributed by atoms with van der Waals surface area (Å²) in [6, 6.07) is 0. The van der Waals surface area contributed by atoms with Crippen LogP contribution < -0.4 is 5.32 Å². The van der Waals surface area contributed by atoms with Crippen molar-refractivity contribution in [1.29, 1.82) is 0 Å². The largest absolute Gasteiger partial charge is 0.368 e. The van der Waals surface area contributed by atoms with Gasteiger partial charge in [-0.05, 0) is 6.92 Å². The minimum Gasteiger partial charge on any atom is -0.368 e. The number of Topliss-reactive ketones (excluding diaryl/α,β-unsaturated/α-hetero) is 1. The molecule has 0 amide bonds. The summed E-state index contributed by atoms with van der Waals surface area (Å²) in [7, 11) is 0. The van der Waals surface area contributed by atoms with Gasteiger partial charge in [0.05, 0.1) is 6.61 Å². The fourth-order valence-corrected chi connectivity index (χ4v) is 0.827. The Bertz CT molecular complexity index is 112. The van der Waals surface area contributed by atoms with Gasteiger partial charge in [-0.2, -0.15) is 0 Å². The predicted octanol–water partition coefficient (Wildman–Crippen LogP) is -0.439. The molecule has 61 valence electrons. The molecule has 1 N–H and O–H groups in total. The summed E-state index contributed by atoms with van der Waals surface area (Å²) in [6.45, 7) is 3.75. The van der Waals surface area contributed by atoms with E-state index in [-0.39, 0.29) is 31.4 Å². The maximum atomic E-state index is 10.6. The minimum atomic E-state index is -0.196. The standard InChI is InChI=1S/C6H11NO2.Rh/c1-5(8)6-4-7-2-3-9-6;/h6-7H,2-4H2,1H3;. The van der Waals surface area contributed by atoms with E-state index in [0.29, 0.717) is 13.2 Å². The molecular weight excluding hydrogens is 221 g/mol. The van der Waals surface area contributed by atoms with Gasteiger partial charge in [-0.3, -0.25) is 4.79 Å². The van der Waals surface area contributed by atoms with E-state index in [0.717, 1.165) is 6.54 Å². The Morgan fingerprint density at radius 2 is 2.40 bits per heavy atom. The van der Waals surface area contributed by atoms with Gasteiger partial charge in [0, 0.05) is 32.6 Å². The molecule has 1 fully saturated rings. The van der Waals surface area contributed by atoms with Gasteiger partial charge in [0.2, 0.25) is 0 Å². The molecule has 1 heterocycles. The monoisotopic (exact) mass is 232 g/mol. The van der Waals surface area contributed by atoms with Crippen LogP contribution in [0.15, 0.2) is 0 Å². The van der Waals surface area contributed by atoms with Crippen molar-refractivity contribution < 1.29 is 29.0 Å². The van der Waals surface area contributed by atoms with Crippen LogP contribution in [0.3, 0.4) is 0 Å². The fraction of sp³-hybridized carbons (Fsp3) is 0.833. The quantitative estimate of drug-likeness (QED) is 0.623. The number of rotatable bonds is 1. The van der Waals surface area contributed by atoms with Gasteiger partial charge in [-0.25, -0.2) is 0 Å². The van der Waals surface area contributed by atoms with Crippen molar-refractivity contribution in [2.24, 2.45) is 0 Å². The Balaban J connectivity index is 0.000000810. The van der Waals surface area contributed by atoms with Crippen molar-refractivity contribution >= 4 is 5.78 Å². The third kappa shape index (κ3) is 2.87. The minimum absolute atomic E-state index is 0. The normalized spacial score (nSPS) is 25.1. The Morgan fingerprint density at radius 1 is 1.70 bits per heavy atom. The number of nitrogens with one attached hydrogen (secondary N) is 1. The molecule has 1 unspecified atom stereocenters. The molecule has 1 rings (SSSR count). The van der Waals surface area contributed by atoms with E-state index >= 15 is 0 Å². The Morgan fingerprint density at radius 3 is 2.70 bits per heavy atom. The van der Waals surface area contributed by atoms with Crippen LogP contribution >= 0.6 is 0 Å². The van der Waals surface area contributed by atoms with Gasteiger partial charge in [-0.15, -0.1) is 0 Å². The Kier molecular flexibility index (Phi) is 5.05. The number of carbonyl (C=O) groups excluding carboxylic acids is 1. The number of carbonyl (C=O) groups is 1. The molecule has 0 aromatic heterocycles. The van der Waals surface area contributed by atoms with Crippen molar-refractivity contribution in [1.82, 2.24) is 5.32 Å². The van der Waals surface area contributed by atoms with Crippen molar-refractivity contribution in [3.8, 4) is 0 Å². The van der Waals surface area contributed by atoms with Gasteiger partial charge >= 0.3 is 0 Å². The summed E-state index contributed by atoms with van der Waals surface area (Å²) in [5.74, 6) is 0.113. The molecule has 0 saturated carbocycles. The van der Waals surface area contributed by atoms with E-state index in [2.05, 4.69) is 5.32 Å². The summed E-state index contributed by atoms with van der Waals surface area (Å²) >= 11 is 0. The second kappa shape index (κ2) is 4.94. The molecule has 0 bridgehead atoms. The van der Waals surface area contributed by atoms with Crippen LogP contribution in [0.1, 0.15) is 6.92 Å². The van der Waals surface area contributed by atoms with E-state index in [4.69, 9.17) is 4.74 Å². The van der Waals surface area contributed by atoms with E-state index < -0.39 is 0 Å². The number of ether oxygens (including phenoxy) is 1. The van der Waals surface area contributed by atoms with Crippen LogP contribution in [-0.4, -0.2) is 31.6 Å². The second-order valence-electron chi connectivity index (χ2n) is 2.17. The van der Waals surface area contributed by atoms with Gasteiger partial charge in [-0.1, -0.05) is 0 Å². The summed E-state index contributed by atoms with van der Waals surface area (Å²) < 4.78 is 5.13. The van der Waals surface area contributed by atoms with Crippen LogP contribution in [0.5, 0.6) is 0 Å². The first-order valence-corrected chi connectivity index (χ1v) is 3.13. The van der Waals surface area contributed by atoms with E-state index in [1.165, 1.54) is 0 Å². The Hall–Kier alpha value is 0.213. The predicted molar refractivity (Wildman–Crippen MR) is 33.3 cm³/mol. The zero-order valence-corrected chi connectivity index (χ0v) is 7.49. The molecule has 1 atom stereocenters. The van der Waals surface area contributed by atoms with E-state index in [1.54, 1.807) is 6.92 Å². The first-order chi connectivity index (χ1) is 4.30. The third-order valence-electron chi connectivity index (χ3n) is 1.38. The molecule has 0 spiro atoms. The SMILES string of the molecule is CC(=O)C1CNCCO1.[Rh]. The molecule has 10 heavy (non-hydrogen) atoms. The van der Waals surface area contributed by atoms with Crippen LogP contribution in [0.2, 0.25) is 0 Å². The average molecular weight is 232 g/mol. The molecule has 4 heteroatoms. The molecule has 0 aliphatic carbocycles. The van der Waals surface area contributed by atoms with Gasteiger partial charge in [0.25, 0.3) is 0 Å². The molecule has 1 radical (unpaired) electrons. The van der Waals surface area contributed by atoms with E-state index in [9.17, 15) is 4.79 Å². The van der Waals surface area contributed by atoms with Gasteiger partial charge in [0.15, 0.2) is 5.78 Å². The van der Waals surface area contributed by atoms with Crippen LogP contribution in [-0.2, 0) is 29.0 Å². The second-order valence-corrected chi connectivity index (χ2v) is 2.17. The zero-order valence-electron chi connectivity index (χ0n) is 5.85. The van der Waals surface area contributed by atoms with Crippen molar-refractivity contribution in [3.63, 3.8) is 0 Å². The van der Waals surface area contributed by atoms with Crippen molar-refractivity contribution in [2.45, 2.75) is 13.0 Å². The molecule has 1 aliphatic heterocycles. The first kappa shape index (κ1) is 10.2. The molecule has 1 aliphatic rings. The molecule has 1 saturated heterocycles. The van der Waals surface area contributed by atoms with Crippen LogP contribution in [0.25, 0.3) is 0 Å². The number of ketones is 1. The third-order valence-corrected chi connectivity index (χ3v) is 1.38. The van der Waals surface area contributed by atoms with Gasteiger partial charge in [0.1, 0.15) is 6.10 Å². The summed E-state index contributed by atoms with van der Waals surface area (Å²) in [5, 5.41) is 3.07. The number of hydrogen-bond acceptors (Lipinski definition) is 3. The summed E-state index contributed by atoms with van der Waals surface area (Å²) in [5.41, 5.74) is 0. The van der Waals surface area contributed by atoms with Crippen molar-refractivity contribution in [2.75, 3.05) is 19.7 Å². The molecule has 3 nitrogen and oxygen atoms in total. The summed E-state index contributed by atoms with van der Waals surface area (Å²) in [4.78, 5) is 10.6.